The summed E-state index contributed by atoms with van der Waals surface area (Å²) in [5, 5.41) is 16.4. The molecule has 6 nitrogen and oxygen atoms in total. The highest BCUT2D eigenvalue weighted by Gasteiger charge is 2.44. The minimum atomic E-state index is -4.72. The molecule has 2 aromatic rings. The van der Waals surface area contributed by atoms with Crippen molar-refractivity contribution in [2.24, 2.45) is 7.05 Å². The molecular formula is C16H15ClF4N6. The summed E-state index contributed by atoms with van der Waals surface area (Å²) in [6.07, 6.45) is -3.29. The summed E-state index contributed by atoms with van der Waals surface area (Å²) < 4.78 is 55.7. The molecule has 3 rings (SSSR count). The van der Waals surface area contributed by atoms with Crippen LogP contribution < -0.4 is 4.90 Å². The molecule has 2 atom stereocenters. The summed E-state index contributed by atoms with van der Waals surface area (Å²) in [4.78, 5) is 5.00. The minimum absolute atomic E-state index is 0.0156. The van der Waals surface area contributed by atoms with Gasteiger partial charge in [-0.1, -0.05) is 11.6 Å². The normalized spacial score (nSPS) is 23.3. The van der Waals surface area contributed by atoms with E-state index in [1.807, 2.05) is 0 Å². The molecule has 0 bridgehead atoms. The molecule has 0 N–H and O–H groups in total. The van der Waals surface area contributed by atoms with Crippen molar-refractivity contribution in [3.8, 4) is 6.07 Å². The van der Waals surface area contributed by atoms with Gasteiger partial charge in [0.1, 0.15) is 18.1 Å². The molecule has 0 amide bonds. The van der Waals surface area contributed by atoms with Crippen LogP contribution in [0.3, 0.4) is 0 Å². The lowest BCUT2D eigenvalue weighted by Gasteiger charge is -2.42. The fraction of sp³-hybridized carbons (Fsp3) is 0.500. The maximum atomic E-state index is 15.4. The molecule has 1 aliphatic rings. The molecule has 0 aromatic carbocycles. The number of rotatable bonds is 2. The van der Waals surface area contributed by atoms with Crippen molar-refractivity contribution in [3.63, 3.8) is 0 Å². The lowest BCUT2D eigenvalue weighted by atomic mass is 9.87. The molecular weight excluding hydrogens is 388 g/mol. The number of halogens is 5. The number of nitrogens with zero attached hydrogens (tertiary/aromatic N) is 6. The highest BCUT2D eigenvalue weighted by molar-refractivity contribution is 6.32. The third-order valence-corrected chi connectivity index (χ3v) is 4.92. The first-order valence-electron chi connectivity index (χ1n) is 8.04. The highest BCUT2D eigenvalue weighted by Crippen LogP contribution is 2.43. The van der Waals surface area contributed by atoms with Gasteiger partial charge in [-0.15, -0.1) is 10.2 Å². The average molecular weight is 403 g/mol. The molecule has 0 aliphatic carbocycles. The van der Waals surface area contributed by atoms with Crippen molar-refractivity contribution in [1.82, 2.24) is 19.7 Å². The fourth-order valence-electron chi connectivity index (χ4n) is 3.43. The number of nitriles is 1. The second-order valence-electron chi connectivity index (χ2n) is 6.53. The second-order valence-corrected chi connectivity index (χ2v) is 6.89. The molecule has 0 radical (unpaired) electrons. The van der Waals surface area contributed by atoms with E-state index >= 15 is 4.39 Å². The van der Waals surface area contributed by atoms with Gasteiger partial charge in [-0.25, -0.2) is 9.37 Å². The quantitative estimate of drug-likeness (QED) is 0.567. The predicted octanol–water partition coefficient (Wildman–Crippen LogP) is 3.61. The van der Waals surface area contributed by atoms with Gasteiger partial charge in [0, 0.05) is 32.5 Å². The number of piperidine rings is 1. The summed E-state index contributed by atoms with van der Waals surface area (Å²) in [6, 6.07) is 1.94. The third kappa shape index (κ3) is 3.43. The van der Waals surface area contributed by atoms with E-state index in [2.05, 4.69) is 15.2 Å². The monoisotopic (exact) mass is 402 g/mol. The molecule has 1 fully saturated rings. The number of aryl methyl sites for hydroxylation is 1. The van der Waals surface area contributed by atoms with Crippen molar-refractivity contribution < 1.29 is 17.6 Å². The number of hydrogen-bond donors (Lipinski definition) is 0. The summed E-state index contributed by atoms with van der Waals surface area (Å²) in [6.45, 7) is 1.84. The van der Waals surface area contributed by atoms with E-state index in [0.717, 1.165) is 0 Å². The Hall–Kier alpha value is -2.41. The molecule has 0 saturated carbocycles. The van der Waals surface area contributed by atoms with Gasteiger partial charge in [-0.05, 0) is 13.0 Å². The zero-order chi connectivity index (χ0) is 20.0. The van der Waals surface area contributed by atoms with Crippen molar-refractivity contribution in [2.45, 2.75) is 37.7 Å². The lowest BCUT2D eigenvalue weighted by molar-refractivity contribution is -0.141. The first-order chi connectivity index (χ1) is 12.6. The van der Waals surface area contributed by atoms with E-state index in [-0.39, 0.29) is 36.5 Å². The van der Waals surface area contributed by atoms with Gasteiger partial charge in [0.05, 0.1) is 11.3 Å². The molecule has 1 aliphatic heterocycles. The molecule has 11 heteroatoms. The third-order valence-electron chi connectivity index (χ3n) is 4.66. The standard InChI is InChI=1S/C16H15ClF4N6/c1-9-6-15(18,14-25-23-8-26(14)2)3-4-27(9)12-10(7-22)5-11(16(19,20)21)24-13(12)17/h5,8-9H,3-4,6H2,1-2H3/t9-,15+/m1/s1. The van der Waals surface area contributed by atoms with Crippen LogP contribution in [0, 0.1) is 11.3 Å². The Morgan fingerprint density at radius 1 is 1.41 bits per heavy atom. The topological polar surface area (TPSA) is 70.6 Å². The van der Waals surface area contributed by atoms with Crippen molar-refractivity contribution in [1.29, 1.82) is 5.26 Å². The fourth-order valence-corrected chi connectivity index (χ4v) is 3.73. The van der Waals surface area contributed by atoms with Crippen LogP contribution in [-0.4, -0.2) is 32.3 Å². The average Bonchev–Trinajstić information content (AvgIpc) is 3.01. The molecule has 27 heavy (non-hydrogen) atoms. The Kier molecular flexibility index (Phi) is 4.76. The Labute approximate surface area is 157 Å². The minimum Gasteiger partial charge on any atom is -0.365 e. The largest absolute Gasteiger partial charge is 0.433 e. The molecule has 144 valence electrons. The van der Waals surface area contributed by atoms with Gasteiger partial charge in [-0.2, -0.15) is 18.4 Å². The zero-order valence-corrected chi connectivity index (χ0v) is 15.2. The van der Waals surface area contributed by atoms with Crippen LogP contribution in [-0.2, 0) is 18.9 Å². The van der Waals surface area contributed by atoms with Gasteiger partial charge in [0.2, 0.25) is 0 Å². The number of aromatic nitrogens is 4. The van der Waals surface area contributed by atoms with E-state index < -0.39 is 28.7 Å². The van der Waals surface area contributed by atoms with E-state index in [4.69, 9.17) is 11.6 Å². The van der Waals surface area contributed by atoms with E-state index in [0.29, 0.717) is 6.07 Å². The summed E-state index contributed by atoms with van der Waals surface area (Å²) in [5.41, 5.74) is -3.14. The van der Waals surface area contributed by atoms with Crippen molar-refractivity contribution in [2.75, 3.05) is 11.4 Å². The van der Waals surface area contributed by atoms with Crippen molar-refractivity contribution >= 4 is 17.3 Å². The van der Waals surface area contributed by atoms with Crippen LogP contribution in [0.1, 0.15) is 36.8 Å². The number of alkyl halides is 4. The summed E-state index contributed by atoms with van der Waals surface area (Å²) in [7, 11) is 1.64. The Morgan fingerprint density at radius 2 is 2.11 bits per heavy atom. The van der Waals surface area contributed by atoms with Crippen LogP contribution in [0.15, 0.2) is 12.4 Å². The summed E-state index contributed by atoms with van der Waals surface area (Å²) >= 11 is 5.99. The Bertz CT molecular complexity index is 905. The van der Waals surface area contributed by atoms with Gasteiger partial charge in [-0.3, -0.25) is 0 Å². The van der Waals surface area contributed by atoms with Crippen LogP contribution in [0.25, 0.3) is 0 Å². The molecule has 0 unspecified atom stereocenters. The first kappa shape index (κ1) is 19.4. The zero-order valence-electron chi connectivity index (χ0n) is 14.4. The van der Waals surface area contributed by atoms with E-state index in [1.54, 1.807) is 24.9 Å². The van der Waals surface area contributed by atoms with Crippen LogP contribution in [0.4, 0.5) is 23.2 Å². The summed E-state index contributed by atoms with van der Waals surface area (Å²) in [5.74, 6) is 0.186. The van der Waals surface area contributed by atoms with Gasteiger partial charge >= 0.3 is 6.18 Å². The predicted molar refractivity (Wildman–Crippen MR) is 88.8 cm³/mol. The first-order valence-corrected chi connectivity index (χ1v) is 8.42. The van der Waals surface area contributed by atoms with Gasteiger partial charge in [0.25, 0.3) is 0 Å². The van der Waals surface area contributed by atoms with Gasteiger partial charge in [0.15, 0.2) is 16.6 Å². The number of hydrogen-bond acceptors (Lipinski definition) is 5. The maximum absolute atomic E-state index is 15.4. The number of anilines is 1. The lowest BCUT2D eigenvalue weighted by Crippen LogP contribution is -2.47. The molecule has 3 heterocycles. The van der Waals surface area contributed by atoms with Crippen LogP contribution >= 0.6 is 11.6 Å². The SMILES string of the molecule is C[C@@H]1C[C@](F)(c2nncn2C)CCN1c1c(C#N)cc(C(F)(F)F)nc1Cl. The smallest absolute Gasteiger partial charge is 0.365 e. The molecule has 2 aromatic heterocycles. The van der Waals surface area contributed by atoms with Crippen LogP contribution in [0.2, 0.25) is 5.15 Å². The highest BCUT2D eigenvalue weighted by atomic mass is 35.5. The maximum Gasteiger partial charge on any atom is 0.433 e. The van der Waals surface area contributed by atoms with E-state index in [1.165, 1.54) is 10.9 Å². The van der Waals surface area contributed by atoms with Gasteiger partial charge < -0.3 is 9.47 Å². The Balaban J connectivity index is 1.95. The van der Waals surface area contributed by atoms with E-state index in [9.17, 15) is 18.4 Å². The number of pyridine rings is 1. The van der Waals surface area contributed by atoms with Crippen molar-refractivity contribution in [3.05, 3.63) is 34.6 Å². The second kappa shape index (κ2) is 6.64. The Morgan fingerprint density at radius 3 is 2.63 bits per heavy atom. The molecule has 1 saturated heterocycles. The van der Waals surface area contributed by atoms with Crippen LogP contribution in [0.5, 0.6) is 0 Å². The molecule has 0 spiro atoms.